The van der Waals surface area contributed by atoms with Gasteiger partial charge in [0.05, 0.1) is 16.7 Å². The number of oxime groups is 1. The Bertz CT molecular complexity index is 512. The molecule has 7 heteroatoms. The van der Waals surface area contributed by atoms with Crippen molar-refractivity contribution >= 4 is 23.1 Å². The number of likely N-dealkylation sites (tertiary alicyclic amines) is 1. The summed E-state index contributed by atoms with van der Waals surface area (Å²) in [6.45, 7) is 4.35. The molecule has 0 radical (unpaired) electrons. The van der Waals surface area contributed by atoms with Gasteiger partial charge >= 0.3 is 0 Å². The summed E-state index contributed by atoms with van der Waals surface area (Å²) >= 11 is 1.39. The second-order valence-electron chi connectivity index (χ2n) is 4.68. The minimum absolute atomic E-state index is 0.0700. The zero-order valence-corrected chi connectivity index (χ0v) is 11.9. The number of carbonyl (C=O) groups is 1. The molecule has 2 heterocycles. The molecule has 1 amide bonds. The number of amidine groups is 1. The maximum Gasteiger partial charge on any atom is 0.266 e. The van der Waals surface area contributed by atoms with Gasteiger partial charge < -0.3 is 15.8 Å². The Labute approximate surface area is 115 Å². The lowest BCUT2D eigenvalue weighted by atomic mass is 10.0. The van der Waals surface area contributed by atoms with Crippen molar-refractivity contribution in [2.45, 2.75) is 39.2 Å². The van der Waals surface area contributed by atoms with Crippen molar-refractivity contribution < 1.29 is 10.0 Å². The average molecular weight is 282 g/mol. The first-order valence-corrected chi connectivity index (χ1v) is 7.08. The molecule has 19 heavy (non-hydrogen) atoms. The van der Waals surface area contributed by atoms with Crippen molar-refractivity contribution in [1.29, 1.82) is 0 Å². The molecular weight excluding hydrogens is 264 g/mol. The van der Waals surface area contributed by atoms with Gasteiger partial charge in [0.1, 0.15) is 4.88 Å². The highest BCUT2D eigenvalue weighted by atomic mass is 32.1. The fraction of sp³-hybridized carbons (Fsp3) is 0.583. The predicted octanol–water partition coefficient (Wildman–Crippen LogP) is 1.50. The first kappa shape index (κ1) is 13.8. The minimum atomic E-state index is -0.312. The summed E-state index contributed by atoms with van der Waals surface area (Å²) in [6, 6.07) is -0.312. The molecule has 1 atom stereocenters. The third-order valence-electron chi connectivity index (χ3n) is 3.32. The summed E-state index contributed by atoms with van der Waals surface area (Å²) in [5.74, 6) is 0.0336. The number of nitrogens with zero attached hydrogens (tertiary/aromatic N) is 3. The van der Waals surface area contributed by atoms with E-state index in [1.165, 1.54) is 11.3 Å². The largest absolute Gasteiger partial charge is 0.409 e. The summed E-state index contributed by atoms with van der Waals surface area (Å²) in [7, 11) is 0. The van der Waals surface area contributed by atoms with Crippen molar-refractivity contribution in [2.24, 2.45) is 10.9 Å². The highest BCUT2D eigenvalue weighted by Crippen LogP contribution is 2.24. The zero-order chi connectivity index (χ0) is 14.0. The van der Waals surface area contributed by atoms with Crippen LogP contribution < -0.4 is 5.73 Å². The second kappa shape index (κ2) is 5.56. The molecule has 0 saturated carbocycles. The Hall–Kier alpha value is -1.63. The molecule has 1 aliphatic heterocycles. The SMILES string of the molecule is Cc1nc(C)c(C(=O)N2CCCCC2C(N)=NO)s1. The molecule has 1 aromatic rings. The Morgan fingerprint density at radius 3 is 2.84 bits per heavy atom. The molecule has 3 N–H and O–H groups in total. The van der Waals surface area contributed by atoms with Gasteiger partial charge in [0.2, 0.25) is 0 Å². The number of hydrogen-bond donors (Lipinski definition) is 2. The predicted molar refractivity (Wildman–Crippen MR) is 73.7 cm³/mol. The fourth-order valence-corrected chi connectivity index (χ4v) is 3.28. The van der Waals surface area contributed by atoms with Gasteiger partial charge in [0, 0.05) is 6.54 Å². The third-order valence-corrected chi connectivity index (χ3v) is 4.38. The number of rotatable bonds is 2. The molecular formula is C12H18N4O2S. The van der Waals surface area contributed by atoms with E-state index in [2.05, 4.69) is 10.1 Å². The van der Waals surface area contributed by atoms with Gasteiger partial charge in [-0.3, -0.25) is 4.79 Å². The van der Waals surface area contributed by atoms with Crippen LogP contribution in [-0.4, -0.2) is 39.4 Å². The van der Waals surface area contributed by atoms with Crippen LogP contribution in [0.3, 0.4) is 0 Å². The summed E-state index contributed by atoms with van der Waals surface area (Å²) in [4.78, 5) is 19.2. The number of hydrogen-bond acceptors (Lipinski definition) is 5. The van der Waals surface area contributed by atoms with Gasteiger partial charge in [0.25, 0.3) is 5.91 Å². The Balaban J connectivity index is 2.27. The number of nitrogens with two attached hydrogens (primary N) is 1. The first-order valence-electron chi connectivity index (χ1n) is 6.27. The van der Waals surface area contributed by atoms with E-state index in [1.54, 1.807) is 4.90 Å². The number of thiazole rings is 1. The third kappa shape index (κ3) is 2.70. The summed E-state index contributed by atoms with van der Waals surface area (Å²) in [6.07, 6.45) is 2.65. The molecule has 2 rings (SSSR count). The standard InChI is InChI=1S/C12H18N4O2S/c1-7-10(19-8(2)14-7)12(17)16-6-4-3-5-9(16)11(13)15-18/h9,18H,3-6H2,1-2H3,(H2,13,15). The summed E-state index contributed by atoms with van der Waals surface area (Å²) in [5, 5.41) is 12.8. The quantitative estimate of drug-likeness (QED) is 0.372. The van der Waals surface area contributed by atoms with Crippen LogP contribution in [0, 0.1) is 13.8 Å². The highest BCUT2D eigenvalue weighted by Gasteiger charge is 2.32. The molecule has 0 spiro atoms. The van der Waals surface area contributed by atoms with Crippen molar-refractivity contribution in [1.82, 2.24) is 9.88 Å². The topological polar surface area (TPSA) is 91.8 Å². The van der Waals surface area contributed by atoms with E-state index < -0.39 is 0 Å². The normalized spacial score (nSPS) is 20.6. The van der Waals surface area contributed by atoms with E-state index in [1.807, 2.05) is 13.8 Å². The molecule has 104 valence electrons. The minimum Gasteiger partial charge on any atom is -0.409 e. The molecule has 0 bridgehead atoms. The average Bonchev–Trinajstić information content (AvgIpc) is 2.76. The highest BCUT2D eigenvalue weighted by molar-refractivity contribution is 7.13. The van der Waals surface area contributed by atoms with E-state index in [9.17, 15) is 4.79 Å². The Kier molecular flexibility index (Phi) is 4.04. The molecule has 0 aliphatic carbocycles. The Morgan fingerprint density at radius 2 is 2.26 bits per heavy atom. The monoisotopic (exact) mass is 282 g/mol. The number of amides is 1. The number of aromatic nitrogens is 1. The van der Waals surface area contributed by atoms with Crippen LogP contribution in [0.5, 0.6) is 0 Å². The van der Waals surface area contributed by atoms with Gasteiger partial charge in [0.15, 0.2) is 5.84 Å². The first-order chi connectivity index (χ1) is 9.04. The number of piperidine rings is 1. The van der Waals surface area contributed by atoms with Crippen molar-refractivity contribution in [3.05, 3.63) is 15.6 Å². The lowest BCUT2D eigenvalue weighted by molar-refractivity contribution is 0.0680. The van der Waals surface area contributed by atoms with E-state index in [0.29, 0.717) is 11.4 Å². The maximum absolute atomic E-state index is 12.6. The van der Waals surface area contributed by atoms with Crippen LogP contribution in [0.25, 0.3) is 0 Å². The Morgan fingerprint density at radius 1 is 1.53 bits per heavy atom. The summed E-state index contributed by atoms with van der Waals surface area (Å²) < 4.78 is 0. The van der Waals surface area contributed by atoms with Crippen LogP contribution in [0.4, 0.5) is 0 Å². The lowest BCUT2D eigenvalue weighted by Gasteiger charge is -2.34. The van der Waals surface area contributed by atoms with Gasteiger partial charge in [-0.25, -0.2) is 4.98 Å². The van der Waals surface area contributed by atoms with Crippen LogP contribution in [0.2, 0.25) is 0 Å². The van der Waals surface area contributed by atoms with Gasteiger partial charge in [-0.15, -0.1) is 11.3 Å². The van der Waals surface area contributed by atoms with Gasteiger partial charge in [-0.05, 0) is 33.1 Å². The van der Waals surface area contributed by atoms with Crippen LogP contribution in [0.1, 0.15) is 39.6 Å². The molecule has 1 unspecified atom stereocenters. The van der Waals surface area contributed by atoms with Gasteiger partial charge in [-0.2, -0.15) is 0 Å². The van der Waals surface area contributed by atoms with Crippen LogP contribution in [0.15, 0.2) is 5.16 Å². The van der Waals surface area contributed by atoms with Crippen LogP contribution in [-0.2, 0) is 0 Å². The van der Waals surface area contributed by atoms with E-state index >= 15 is 0 Å². The molecule has 6 nitrogen and oxygen atoms in total. The number of carbonyl (C=O) groups excluding carboxylic acids is 1. The lowest BCUT2D eigenvalue weighted by Crippen LogP contribution is -2.50. The molecule has 1 fully saturated rings. The van der Waals surface area contributed by atoms with Crippen molar-refractivity contribution in [3.8, 4) is 0 Å². The molecule has 1 saturated heterocycles. The zero-order valence-electron chi connectivity index (χ0n) is 11.1. The van der Waals surface area contributed by atoms with E-state index in [4.69, 9.17) is 10.9 Å². The molecule has 1 aromatic heterocycles. The van der Waals surface area contributed by atoms with Crippen molar-refractivity contribution in [3.63, 3.8) is 0 Å². The van der Waals surface area contributed by atoms with Gasteiger partial charge in [-0.1, -0.05) is 5.16 Å². The van der Waals surface area contributed by atoms with E-state index in [0.717, 1.165) is 30.0 Å². The van der Waals surface area contributed by atoms with E-state index in [-0.39, 0.29) is 17.8 Å². The van der Waals surface area contributed by atoms with Crippen molar-refractivity contribution in [2.75, 3.05) is 6.54 Å². The van der Waals surface area contributed by atoms with Crippen LogP contribution >= 0.6 is 11.3 Å². The molecule has 0 aromatic carbocycles. The smallest absolute Gasteiger partial charge is 0.266 e. The maximum atomic E-state index is 12.6. The second-order valence-corrected chi connectivity index (χ2v) is 5.89. The summed E-state index contributed by atoms with van der Waals surface area (Å²) in [5.41, 5.74) is 6.44. The fourth-order valence-electron chi connectivity index (χ4n) is 2.41. The molecule has 1 aliphatic rings. The number of aryl methyl sites for hydroxylation is 2.